The third kappa shape index (κ3) is 3.83. The predicted molar refractivity (Wildman–Crippen MR) is 91.8 cm³/mol. The monoisotopic (exact) mass is 382 g/mol. The van der Waals surface area contributed by atoms with Gasteiger partial charge in [0, 0.05) is 16.4 Å². The zero-order valence-corrected chi connectivity index (χ0v) is 14.1. The lowest BCUT2D eigenvalue weighted by Crippen LogP contribution is -2.35. The highest BCUT2D eigenvalue weighted by atomic mass is 35.5. The standard InChI is InChI=1S/C18H14ClF3N2O2/c19-12-2-1-3-14(10-12)24-16(26)17(8-9-17)15(25)23-13-6-4-11(5-7-13)18(20,21)22/h1-7,10H,8-9H2,(H,23,25)(H,24,26). The number of nitrogens with one attached hydrogen (secondary N) is 2. The van der Waals surface area contributed by atoms with E-state index >= 15 is 0 Å². The van der Waals surface area contributed by atoms with Crippen LogP contribution < -0.4 is 10.6 Å². The Labute approximate surface area is 152 Å². The second-order valence-electron chi connectivity index (χ2n) is 6.08. The largest absolute Gasteiger partial charge is 0.416 e. The van der Waals surface area contributed by atoms with Crippen LogP contribution in [0.25, 0.3) is 0 Å². The molecule has 2 aromatic carbocycles. The molecule has 3 rings (SSSR count). The lowest BCUT2D eigenvalue weighted by molar-refractivity contribution is -0.137. The topological polar surface area (TPSA) is 58.2 Å². The van der Waals surface area contributed by atoms with Gasteiger partial charge in [-0.05, 0) is 55.3 Å². The summed E-state index contributed by atoms with van der Waals surface area (Å²) in [4.78, 5) is 24.9. The molecule has 0 aliphatic heterocycles. The van der Waals surface area contributed by atoms with E-state index < -0.39 is 29.0 Å². The maximum Gasteiger partial charge on any atom is 0.416 e. The molecule has 0 radical (unpaired) electrons. The van der Waals surface area contributed by atoms with Gasteiger partial charge in [-0.3, -0.25) is 9.59 Å². The molecule has 0 spiro atoms. The second-order valence-corrected chi connectivity index (χ2v) is 6.51. The summed E-state index contributed by atoms with van der Waals surface area (Å²) in [6, 6.07) is 10.6. The first-order chi connectivity index (χ1) is 12.2. The Morgan fingerprint density at radius 2 is 1.50 bits per heavy atom. The van der Waals surface area contributed by atoms with Crippen molar-refractivity contribution in [2.45, 2.75) is 19.0 Å². The molecule has 136 valence electrons. The summed E-state index contributed by atoms with van der Waals surface area (Å²) in [7, 11) is 0. The molecule has 1 fully saturated rings. The van der Waals surface area contributed by atoms with E-state index in [1.54, 1.807) is 24.3 Å². The molecule has 4 nitrogen and oxygen atoms in total. The van der Waals surface area contributed by atoms with Crippen LogP contribution >= 0.6 is 11.6 Å². The van der Waals surface area contributed by atoms with Crippen LogP contribution in [0.2, 0.25) is 5.02 Å². The molecule has 0 bridgehead atoms. The fourth-order valence-electron chi connectivity index (χ4n) is 2.49. The summed E-state index contributed by atoms with van der Waals surface area (Å²) in [5, 5.41) is 5.60. The molecule has 1 saturated carbocycles. The van der Waals surface area contributed by atoms with Crippen molar-refractivity contribution in [3.8, 4) is 0 Å². The number of benzene rings is 2. The zero-order chi connectivity index (χ0) is 18.9. The molecule has 0 unspecified atom stereocenters. The average molecular weight is 383 g/mol. The van der Waals surface area contributed by atoms with E-state index in [1.807, 2.05) is 0 Å². The molecule has 2 aromatic rings. The number of hydrogen-bond donors (Lipinski definition) is 2. The Bertz CT molecular complexity index is 846. The fraction of sp³-hybridized carbons (Fsp3) is 0.222. The summed E-state index contributed by atoms with van der Waals surface area (Å²) < 4.78 is 37.7. The number of hydrogen-bond acceptors (Lipinski definition) is 2. The van der Waals surface area contributed by atoms with E-state index in [4.69, 9.17) is 11.6 Å². The smallest absolute Gasteiger partial charge is 0.325 e. The van der Waals surface area contributed by atoms with Gasteiger partial charge >= 0.3 is 6.18 Å². The molecular weight excluding hydrogens is 369 g/mol. The van der Waals surface area contributed by atoms with Gasteiger partial charge in [0.05, 0.1) is 5.56 Å². The van der Waals surface area contributed by atoms with Crippen LogP contribution in [-0.2, 0) is 15.8 Å². The summed E-state index contributed by atoms with van der Waals surface area (Å²) in [6.45, 7) is 0. The molecular formula is C18H14ClF3N2O2. The number of rotatable bonds is 4. The van der Waals surface area contributed by atoms with Crippen LogP contribution in [0.1, 0.15) is 18.4 Å². The van der Waals surface area contributed by atoms with E-state index in [-0.39, 0.29) is 5.69 Å². The van der Waals surface area contributed by atoms with Crippen LogP contribution in [-0.4, -0.2) is 11.8 Å². The molecule has 1 aliphatic carbocycles. The lowest BCUT2D eigenvalue weighted by atomic mass is 10.0. The van der Waals surface area contributed by atoms with Crippen LogP contribution in [0, 0.1) is 5.41 Å². The molecule has 8 heteroatoms. The number of carbonyl (C=O) groups is 2. The quantitative estimate of drug-likeness (QED) is 0.752. The van der Waals surface area contributed by atoms with E-state index in [9.17, 15) is 22.8 Å². The van der Waals surface area contributed by atoms with Crippen molar-refractivity contribution >= 4 is 34.8 Å². The zero-order valence-electron chi connectivity index (χ0n) is 13.4. The Kier molecular flexibility index (Phi) is 4.66. The maximum atomic E-state index is 12.6. The minimum atomic E-state index is -4.45. The van der Waals surface area contributed by atoms with Crippen LogP contribution in [0.4, 0.5) is 24.5 Å². The summed E-state index contributed by atoms with van der Waals surface area (Å²) >= 11 is 5.86. The third-order valence-electron chi connectivity index (χ3n) is 4.17. The molecule has 2 amide bonds. The lowest BCUT2D eigenvalue weighted by Gasteiger charge is -2.16. The van der Waals surface area contributed by atoms with Crippen molar-refractivity contribution in [2.24, 2.45) is 5.41 Å². The summed E-state index contributed by atoms with van der Waals surface area (Å²) in [5.41, 5.74) is -1.36. The van der Waals surface area contributed by atoms with Crippen LogP contribution in [0.5, 0.6) is 0 Å². The molecule has 1 aliphatic rings. The van der Waals surface area contributed by atoms with Crippen LogP contribution in [0.3, 0.4) is 0 Å². The molecule has 2 N–H and O–H groups in total. The molecule has 0 atom stereocenters. The summed E-state index contributed by atoms with van der Waals surface area (Å²) in [5.74, 6) is -1.01. The Balaban J connectivity index is 1.68. The van der Waals surface area contributed by atoms with Gasteiger partial charge in [0.2, 0.25) is 11.8 Å². The first-order valence-corrected chi connectivity index (χ1v) is 8.14. The van der Waals surface area contributed by atoms with Gasteiger partial charge in [-0.2, -0.15) is 13.2 Å². The number of alkyl halides is 3. The first kappa shape index (κ1) is 18.3. The minimum Gasteiger partial charge on any atom is -0.325 e. The number of carbonyl (C=O) groups excluding carboxylic acids is 2. The summed E-state index contributed by atoms with van der Waals surface area (Å²) in [6.07, 6.45) is -3.71. The fourth-order valence-corrected chi connectivity index (χ4v) is 2.68. The van der Waals surface area contributed by atoms with Gasteiger partial charge in [-0.1, -0.05) is 17.7 Å². The van der Waals surface area contributed by atoms with Crippen molar-refractivity contribution in [1.29, 1.82) is 0 Å². The Hall–Kier alpha value is -2.54. The van der Waals surface area contributed by atoms with Crippen molar-refractivity contribution in [2.75, 3.05) is 10.6 Å². The normalized spacial score (nSPS) is 15.2. The highest BCUT2D eigenvalue weighted by Crippen LogP contribution is 2.47. The number of amides is 2. The van der Waals surface area contributed by atoms with Crippen molar-refractivity contribution in [3.63, 3.8) is 0 Å². The van der Waals surface area contributed by atoms with Gasteiger partial charge in [0.1, 0.15) is 5.41 Å². The highest BCUT2D eigenvalue weighted by Gasteiger charge is 2.56. The Morgan fingerprint density at radius 3 is 2.00 bits per heavy atom. The average Bonchev–Trinajstić information content (AvgIpc) is 3.36. The van der Waals surface area contributed by atoms with Crippen molar-refractivity contribution < 1.29 is 22.8 Å². The minimum absolute atomic E-state index is 0.199. The van der Waals surface area contributed by atoms with Gasteiger partial charge < -0.3 is 10.6 Å². The van der Waals surface area contributed by atoms with E-state index in [2.05, 4.69) is 10.6 Å². The number of halogens is 4. The predicted octanol–water partition coefficient (Wildman–Crippen LogP) is 4.72. The number of anilines is 2. The van der Waals surface area contributed by atoms with Gasteiger partial charge in [0.25, 0.3) is 0 Å². The first-order valence-electron chi connectivity index (χ1n) is 7.76. The Morgan fingerprint density at radius 1 is 0.923 bits per heavy atom. The second kappa shape index (κ2) is 6.64. The molecule has 0 aromatic heterocycles. The molecule has 0 heterocycles. The highest BCUT2D eigenvalue weighted by molar-refractivity contribution is 6.31. The van der Waals surface area contributed by atoms with Crippen molar-refractivity contribution in [1.82, 2.24) is 0 Å². The van der Waals surface area contributed by atoms with E-state index in [0.29, 0.717) is 23.6 Å². The molecule has 0 saturated heterocycles. The van der Waals surface area contributed by atoms with Gasteiger partial charge in [-0.15, -0.1) is 0 Å². The SMILES string of the molecule is O=C(Nc1ccc(C(F)(F)F)cc1)C1(C(=O)Nc2cccc(Cl)c2)CC1. The van der Waals surface area contributed by atoms with Gasteiger partial charge in [-0.25, -0.2) is 0 Å². The third-order valence-corrected chi connectivity index (χ3v) is 4.41. The van der Waals surface area contributed by atoms with E-state index in [1.165, 1.54) is 0 Å². The maximum absolute atomic E-state index is 12.6. The molecule has 26 heavy (non-hydrogen) atoms. The van der Waals surface area contributed by atoms with Crippen LogP contribution in [0.15, 0.2) is 48.5 Å². The van der Waals surface area contributed by atoms with Crippen molar-refractivity contribution in [3.05, 3.63) is 59.1 Å². The van der Waals surface area contributed by atoms with E-state index in [0.717, 1.165) is 24.3 Å². The van der Waals surface area contributed by atoms with Gasteiger partial charge in [0.15, 0.2) is 0 Å².